The van der Waals surface area contributed by atoms with Crippen LogP contribution in [0.5, 0.6) is 11.5 Å². The lowest BCUT2D eigenvalue weighted by Crippen LogP contribution is -2.37. The van der Waals surface area contributed by atoms with Crippen LogP contribution in [-0.4, -0.2) is 25.4 Å². The van der Waals surface area contributed by atoms with Crippen molar-refractivity contribution in [2.45, 2.75) is 12.6 Å². The van der Waals surface area contributed by atoms with Crippen LogP contribution in [0.4, 0.5) is 13.2 Å². The molecule has 2 rings (SSSR count). The first-order valence-corrected chi connectivity index (χ1v) is 5.20. The highest BCUT2D eigenvalue weighted by Gasteiger charge is 2.38. The van der Waals surface area contributed by atoms with Crippen LogP contribution < -0.4 is 14.8 Å². The molecule has 0 fully saturated rings. The summed E-state index contributed by atoms with van der Waals surface area (Å²) in [4.78, 5) is 10.6. The lowest BCUT2D eigenvalue weighted by molar-refractivity contribution is -0.173. The van der Waals surface area contributed by atoms with Crippen LogP contribution in [0.2, 0.25) is 0 Å². The van der Waals surface area contributed by atoms with Crippen molar-refractivity contribution in [1.29, 1.82) is 0 Å². The van der Waals surface area contributed by atoms with E-state index in [1.807, 2.05) is 0 Å². The van der Waals surface area contributed by atoms with Crippen molar-refractivity contribution < 1.29 is 27.4 Å². The molecule has 0 aromatic heterocycles. The van der Waals surface area contributed by atoms with Crippen molar-refractivity contribution in [1.82, 2.24) is 5.32 Å². The normalized spacial score (nSPS) is 13.5. The largest absolute Gasteiger partial charge is 0.471 e. The number of carbonyl (C=O) groups is 1. The van der Waals surface area contributed by atoms with E-state index in [0.717, 1.165) is 5.56 Å². The van der Waals surface area contributed by atoms with Gasteiger partial charge in [-0.15, -0.1) is 0 Å². The SMILES string of the molecule is O=C(NCCc1ccc2c(c1)OCO2)C(F)(F)F. The third-order valence-corrected chi connectivity index (χ3v) is 2.39. The molecule has 1 aromatic rings. The molecule has 1 N–H and O–H groups in total. The maximum atomic E-state index is 11.9. The van der Waals surface area contributed by atoms with Crippen molar-refractivity contribution in [2.75, 3.05) is 13.3 Å². The molecule has 0 saturated heterocycles. The molecule has 1 aliphatic rings. The average Bonchev–Trinajstić information content (AvgIpc) is 2.74. The molecule has 98 valence electrons. The topological polar surface area (TPSA) is 47.6 Å². The smallest absolute Gasteiger partial charge is 0.454 e. The summed E-state index contributed by atoms with van der Waals surface area (Å²) in [6.07, 6.45) is -4.55. The number of hydrogen-bond acceptors (Lipinski definition) is 3. The molecule has 7 heteroatoms. The zero-order valence-corrected chi connectivity index (χ0v) is 9.21. The number of rotatable bonds is 3. The highest BCUT2D eigenvalue weighted by atomic mass is 19.4. The Morgan fingerprint density at radius 1 is 1.28 bits per heavy atom. The van der Waals surface area contributed by atoms with E-state index in [9.17, 15) is 18.0 Å². The zero-order valence-electron chi connectivity index (χ0n) is 9.21. The molecule has 4 nitrogen and oxygen atoms in total. The second kappa shape index (κ2) is 4.75. The van der Waals surface area contributed by atoms with Gasteiger partial charge in [-0.2, -0.15) is 13.2 Å². The van der Waals surface area contributed by atoms with Crippen LogP contribution in [0.15, 0.2) is 18.2 Å². The number of carbonyl (C=O) groups excluding carboxylic acids is 1. The molecule has 0 aliphatic carbocycles. The van der Waals surface area contributed by atoms with Gasteiger partial charge in [-0.25, -0.2) is 0 Å². The summed E-state index contributed by atoms with van der Waals surface area (Å²) < 4.78 is 46.0. The predicted octanol–water partition coefficient (Wildman–Crippen LogP) is 1.64. The molecule has 1 amide bonds. The van der Waals surface area contributed by atoms with Crippen molar-refractivity contribution in [3.63, 3.8) is 0 Å². The summed E-state index contributed by atoms with van der Waals surface area (Å²) in [5, 5.41) is 1.80. The van der Waals surface area contributed by atoms with Crippen LogP contribution in [0.3, 0.4) is 0 Å². The van der Waals surface area contributed by atoms with E-state index >= 15 is 0 Å². The average molecular weight is 261 g/mol. The summed E-state index contributed by atoms with van der Waals surface area (Å²) in [5.41, 5.74) is 0.765. The lowest BCUT2D eigenvalue weighted by atomic mass is 10.1. The van der Waals surface area contributed by atoms with Crippen LogP contribution in [-0.2, 0) is 11.2 Å². The Kier molecular flexibility index (Phi) is 3.31. The van der Waals surface area contributed by atoms with E-state index in [2.05, 4.69) is 0 Å². The fourth-order valence-corrected chi connectivity index (χ4v) is 1.52. The van der Waals surface area contributed by atoms with E-state index in [4.69, 9.17) is 9.47 Å². The van der Waals surface area contributed by atoms with E-state index < -0.39 is 12.1 Å². The monoisotopic (exact) mass is 261 g/mol. The predicted molar refractivity (Wildman–Crippen MR) is 55.3 cm³/mol. The minimum absolute atomic E-state index is 0.0853. The number of nitrogens with one attached hydrogen (secondary N) is 1. The fourth-order valence-electron chi connectivity index (χ4n) is 1.52. The van der Waals surface area contributed by atoms with Gasteiger partial charge in [-0.05, 0) is 24.1 Å². The molecular weight excluding hydrogens is 251 g/mol. The third-order valence-electron chi connectivity index (χ3n) is 2.39. The van der Waals surface area contributed by atoms with Gasteiger partial charge in [0.25, 0.3) is 0 Å². The second-order valence-corrected chi connectivity index (χ2v) is 3.69. The molecule has 0 atom stereocenters. The molecule has 18 heavy (non-hydrogen) atoms. The Morgan fingerprint density at radius 3 is 2.72 bits per heavy atom. The Balaban J connectivity index is 1.86. The van der Waals surface area contributed by atoms with Crippen molar-refractivity contribution in [2.24, 2.45) is 0 Å². The van der Waals surface area contributed by atoms with Gasteiger partial charge in [0, 0.05) is 6.54 Å². The lowest BCUT2D eigenvalue weighted by Gasteiger charge is -2.08. The first kappa shape index (κ1) is 12.5. The quantitative estimate of drug-likeness (QED) is 0.899. The minimum atomic E-state index is -4.84. The third kappa shape index (κ3) is 2.85. The van der Waals surface area contributed by atoms with Gasteiger partial charge in [0.1, 0.15) is 0 Å². The zero-order chi connectivity index (χ0) is 13.2. The van der Waals surface area contributed by atoms with Crippen molar-refractivity contribution in [3.8, 4) is 11.5 Å². The maximum Gasteiger partial charge on any atom is 0.471 e. The summed E-state index contributed by atoms with van der Waals surface area (Å²) >= 11 is 0. The number of hydrogen-bond donors (Lipinski definition) is 1. The Hall–Kier alpha value is -1.92. The number of benzene rings is 1. The van der Waals surface area contributed by atoms with Crippen LogP contribution in [0.25, 0.3) is 0 Å². The number of alkyl halides is 3. The number of fused-ring (bicyclic) bond motifs is 1. The maximum absolute atomic E-state index is 11.9. The minimum Gasteiger partial charge on any atom is -0.454 e. The van der Waals surface area contributed by atoms with Crippen molar-refractivity contribution >= 4 is 5.91 Å². The Labute approximate surface area is 101 Å². The molecule has 0 bridgehead atoms. The second-order valence-electron chi connectivity index (χ2n) is 3.69. The first-order chi connectivity index (χ1) is 8.47. The molecule has 0 saturated carbocycles. The first-order valence-electron chi connectivity index (χ1n) is 5.20. The van der Waals surface area contributed by atoms with Crippen molar-refractivity contribution in [3.05, 3.63) is 23.8 Å². The summed E-state index contributed by atoms with van der Waals surface area (Å²) in [5.74, 6) is -0.754. The number of ether oxygens (including phenoxy) is 2. The number of halogens is 3. The Morgan fingerprint density at radius 2 is 2.00 bits per heavy atom. The Bertz CT molecular complexity index is 459. The molecule has 1 aromatic carbocycles. The van der Waals surface area contributed by atoms with Crippen LogP contribution in [0, 0.1) is 0 Å². The van der Waals surface area contributed by atoms with E-state index in [-0.39, 0.29) is 13.3 Å². The van der Waals surface area contributed by atoms with Gasteiger partial charge in [0.05, 0.1) is 0 Å². The van der Waals surface area contributed by atoms with Gasteiger partial charge in [-0.1, -0.05) is 6.07 Å². The molecule has 0 unspecified atom stereocenters. The van der Waals surface area contributed by atoms with E-state index in [1.165, 1.54) is 0 Å². The van der Waals surface area contributed by atoms with Crippen LogP contribution >= 0.6 is 0 Å². The van der Waals surface area contributed by atoms with Crippen LogP contribution in [0.1, 0.15) is 5.56 Å². The van der Waals surface area contributed by atoms with E-state index in [0.29, 0.717) is 17.9 Å². The molecule has 1 heterocycles. The fraction of sp³-hybridized carbons (Fsp3) is 0.364. The van der Waals surface area contributed by atoms with Gasteiger partial charge in [0.15, 0.2) is 11.5 Å². The molecule has 0 radical (unpaired) electrons. The van der Waals surface area contributed by atoms with E-state index in [1.54, 1.807) is 23.5 Å². The van der Waals surface area contributed by atoms with Gasteiger partial charge < -0.3 is 14.8 Å². The summed E-state index contributed by atoms with van der Waals surface area (Å²) in [6.45, 7) is 0.0571. The van der Waals surface area contributed by atoms with Gasteiger partial charge in [-0.3, -0.25) is 4.79 Å². The van der Waals surface area contributed by atoms with Gasteiger partial charge in [0.2, 0.25) is 6.79 Å². The number of amides is 1. The van der Waals surface area contributed by atoms with Gasteiger partial charge >= 0.3 is 12.1 Å². The highest BCUT2D eigenvalue weighted by Crippen LogP contribution is 2.32. The molecular formula is C11H10F3NO3. The highest BCUT2D eigenvalue weighted by molar-refractivity contribution is 5.81. The molecule has 1 aliphatic heterocycles. The molecule has 0 spiro atoms. The summed E-state index contributed by atoms with van der Waals surface area (Å²) in [7, 11) is 0. The summed E-state index contributed by atoms with van der Waals surface area (Å²) in [6, 6.07) is 5.08. The standard InChI is InChI=1S/C11H10F3NO3/c12-11(13,14)10(16)15-4-3-7-1-2-8-9(5-7)18-6-17-8/h1-2,5H,3-4,6H2,(H,15,16).